The van der Waals surface area contributed by atoms with E-state index in [-0.39, 0.29) is 12.1 Å². The Morgan fingerprint density at radius 1 is 1.29 bits per heavy atom. The molecule has 0 radical (unpaired) electrons. The summed E-state index contributed by atoms with van der Waals surface area (Å²) in [6, 6.07) is 7.24. The number of furan rings is 1. The van der Waals surface area contributed by atoms with E-state index >= 15 is 0 Å². The third-order valence-electron chi connectivity index (χ3n) is 3.56. The number of carbonyl (C=O) groups is 1. The zero-order valence-electron chi connectivity index (χ0n) is 14.6. The van der Waals surface area contributed by atoms with E-state index in [1.54, 1.807) is 0 Å². The van der Waals surface area contributed by atoms with Crippen LogP contribution in [-0.4, -0.2) is 32.4 Å². The first kappa shape index (κ1) is 18.1. The van der Waals surface area contributed by atoms with E-state index in [1.165, 1.54) is 0 Å². The number of fused-ring (bicyclic) bond motifs is 1. The minimum atomic E-state index is -0.237. The minimum absolute atomic E-state index is 0.218. The van der Waals surface area contributed by atoms with Crippen LogP contribution in [0.15, 0.2) is 28.7 Å². The molecule has 24 heavy (non-hydrogen) atoms. The van der Waals surface area contributed by atoms with Gasteiger partial charge in [0.25, 0.3) is 0 Å². The van der Waals surface area contributed by atoms with Crippen molar-refractivity contribution in [3.63, 3.8) is 0 Å². The molecule has 6 heteroatoms. The highest BCUT2D eigenvalue weighted by Crippen LogP contribution is 2.31. The smallest absolute Gasteiger partial charge is 0.315 e. The molecule has 6 nitrogen and oxygen atoms in total. The topological polar surface area (TPSA) is 72.7 Å². The van der Waals surface area contributed by atoms with E-state index in [4.69, 9.17) is 13.9 Å². The largest absolute Gasteiger partial charge is 0.490 e. The Hall–Kier alpha value is -2.21. The van der Waals surface area contributed by atoms with Gasteiger partial charge in [-0.25, -0.2) is 4.79 Å². The Bertz CT molecular complexity index is 654. The second kappa shape index (κ2) is 9.17. The van der Waals surface area contributed by atoms with Crippen molar-refractivity contribution >= 4 is 17.0 Å². The molecule has 1 aromatic heterocycles. The van der Waals surface area contributed by atoms with Gasteiger partial charge in [0.2, 0.25) is 0 Å². The predicted octanol–water partition coefficient (Wildman–Crippen LogP) is 3.62. The lowest BCUT2D eigenvalue weighted by Gasteiger charge is -2.12. The fourth-order valence-corrected chi connectivity index (χ4v) is 2.38. The van der Waals surface area contributed by atoms with E-state index in [0.717, 1.165) is 11.8 Å². The van der Waals surface area contributed by atoms with Gasteiger partial charge in [-0.1, -0.05) is 12.1 Å². The average Bonchev–Trinajstić information content (AvgIpc) is 3.00. The summed E-state index contributed by atoms with van der Waals surface area (Å²) in [5, 5.41) is 6.65. The Morgan fingerprint density at radius 2 is 2.12 bits per heavy atom. The third kappa shape index (κ3) is 4.89. The number of carbonyl (C=O) groups excluding carboxylic acids is 1. The number of rotatable bonds is 9. The molecule has 0 aliphatic rings. The summed E-state index contributed by atoms with van der Waals surface area (Å²) in [7, 11) is 0. The molecule has 2 rings (SSSR count). The monoisotopic (exact) mass is 334 g/mol. The van der Waals surface area contributed by atoms with Crippen molar-refractivity contribution in [2.45, 2.75) is 33.2 Å². The molecule has 0 saturated heterocycles. The molecule has 2 amide bonds. The Labute approximate surface area is 142 Å². The first-order valence-electron chi connectivity index (χ1n) is 8.43. The van der Waals surface area contributed by atoms with Crippen LogP contribution in [0.3, 0.4) is 0 Å². The number of nitrogens with one attached hydrogen (secondary N) is 2. The Balaban J connectivity index is 1.92. The number of para-hydroxylation sites is 1. The fraction of sp³-hybridized carbons (Fsp3) is 0.500. The molecule has 2 aromatic rings. The molecule has 0 bridgehead atoms. The van der Waals surface area contributed by atoms with Gasteiger partial charge in [0, 0.05) is 25.1 Å². The maximum Gasteiger partial charge on any atom is 0.315 e. The summed E-state index contributed by atoms with van der Waals surface area (Å²) in [5.74, 6) is 1.41. The lowest BCUT2D eigenvalue weighted by atomic mass is 10.2. The number of amides is 2. The van der Waals surface area contributed by atoms with E-state index in [1.807, 2.05) is 45.0 Å². The number of hydrogen-bond acceptors (Lipinski definition) is 4. The highest BCUT2D eigenvalue weighted by Gasteiger charge is 2.16. The first-order chi connectivity index (χ1) is 11.7. The van der Waals surface area contributed by atoms with Crippen LogP contribution in [0.2, 0.25) is 0 Å². The van der Waals surface area contributed by atoms with Gasteiger partial charge < -0.3 is 24.5 Å². The second-order valence-electron chi connectivity index (χ2n) is 5.43. The second-order valence-corrected chi connectivity index (χ2v) is 5.43. The van der Waals surface area contributed by atoms with Crippen molar-refractivity contribution in [1.82, 2.24) is 10.6 Å². The third-order valence-corrected chi connectivity index (χ3v) is 3.56. The van der Waals surface area contributed by atoms with Crippen LogP contribution in [-0.2, 0) is 4.74 Å². The molecule has 0 saturated carbocycles. The van der Waals surface area contributed by atoms with Crippen LogP contribution in [0, 0.1) is 0 Å². The van der Waals surface area contributed by atoms with Gasteiger partial charge in [0.15, 0.2) is 11.3 Å². The van der Waals surface area contributed by atoms with E-state index in [0.29, 0.717) is 43.5 Å². The summed E-state index contributed by atoms with van der Waals surface area (Å²) in [4.78, 5) is 11.9. The number of hydrogen-bond donors (Lipinski definition) is 2. The fourth-order valence-electron chi connectivity index (χ4n) is 2.38. The van der Waals surface area contributed by atoms with Crippen LogP contribution in [0.1, 0.15) is 39.0 Å². The van der Waals surface area contributed by atoms with Crippen molar-refractivity contribution in [3.8, 4) is 5.75 Å². The normalized spacial score (nSPS) is 12.1. The van der Waals surface area contributed by atoms with Crippen molar-refractivity contribution in [2.24, 2.45) is 0 Å². The lowest BCUT2D eigenvalue weighted by molar-refractivity contribution is 0.145. The number of ether oxygens (including phenoxy) is 2. The summed E-state index contributed by atoms with van der Waals surface area (Å²) in [6.45, 7) is 8.27. The summed E-state index contributed by atoms with van der Waals surface area (Å²) >= 11 is 0. The maximum atomic E-state index is 11.9. The standard InChI is InChI=1S/C18H26N2O4/c1-4-22-11-7-10-19-18(21)20-13(3)16-12-14-8-6-9-15(23-5-2)17(14)24-16/h6,8-9,12-13H,4-5,7,10-11H2,1-3H3,(H2,19,20,21). The minimum Gasteiger partial charge on any atom is -0.490 e. The van der Waals surface area contributed by atoms with Crippen molar-refractivity contribution < 1.29 is 18.7 Å². The van der Waals surface area contributed by atoms with Crippen molar-refractivity contribution in [2.75, 3.05) is 26.4 Å². The van der Waals surface area contributed by atoms with Gasteiger partial charge in [-0.3, -0.25) is 0 Å². The molecule has 0 fully saturated rings. The van der Waals surface area contributed by atoms with Gasteiger partial charge in [0.1, 0.15) is 5.76 Å². The van der Waals surface area contributed by atoms with Crippen LogP contribution in [0.25, 0.3) is 11.0 Å². The van der Waals surface area contributed by atoms with Crippen molar-refractivity contribution in [3.05, 3.63) is 30.0 Å². The van der Waals surface area contributed by atoms with E-state index < -0.39 is 0 Å². The molecule has 132 valence electrons. The highest BCUT2D eigenvalue weighted by molar-refractivity contribution is 5.84. The SMILES string of the molecule is CCOCCCNC(=O)NC(C)c1cc2cccc(OCC)c2o1. The van der Waals surface area contributed by atoms with E-state index in [2.05, 4.69) is 10.6 Å². The van der Waals surface area contributed by atoms with Crippen LogP contribution in [0.4, 0.5) is 4.79 Å². The molecule has 2 N–H and O–H groups in total. The molecule has 1 unspecified atom stereocenters. The molecule has 1 heterocycles. The molecule has 1 atom stereocenters. The first-order valence-corrected chi connectivity index (χ1v) is 8.43. The summed E-state index contributed by atoms with van der Waals surface area (Å²) in [6.07, 6.45) is 0.790. The van der Waals surface area contributed by atoms with Crippen LogP contribution in [0.5, 0.6) is 5.75 Å². The van der Waals surface area contributed by atoms with Gasteiger partial charge in [0.05, 0.1) is 12.6 Å². The van der Waals surface area contributed by atoms with E-state index in [9.17, 15) is 4.79 Å². The summed E-state index contributed by atoms with van der Waals surface area (Å²) < 4.78 is 16.7. The zero-order valence-corrected chi connectivity index (χ0v) is 14.6. The number of urea groups is 1. The quantitative estimate of drug-likeness (QED) is 0.687. The number of benzene rings is 1. The van der Waals surface area contributed by atoms with Gasteiger partial charge in [-0.2, -0.15) is 0 Å². The molecule has 0 spiro atoms. The highest BCUT2D eigenvalue weighted by atomic mass is 16.5. The zero-order chi connectivity index (χ0) is 17.4. The average molecular weight is 334 g/mol. The molecule has 1 aromatic carbocycles. The maximum absolute atomic E-state index is 11.9. The molecule has 0 aliphatic carbocycles. The van der Waals surface area contributed by atoms with Crippen LogP contribution >= 0.6 is 0 Å². The Morgan fingerprint density at radius 3 is 2.88 bits per heavy atom. The molecular formula is C18H26N2O4. The molecule has 0 aliphatic heterocycles. The van der Waals surface area contributed by atoms with Crippen LogP contribution < -0.4 is 15.4 Å². The van der Waals surface area contributed by atoms with Gasteiger partial charge in [-0.05, 0) is 39.3 Å². The Kier molecular flexibility index (Phi) is 6.93. The van der Waals surface area contributed by atoms with Gasteiger partial charge >= 0.3 is 6.03 Å². The summed E-state index contributed by atoms with van der Waals surface area (Å²) in [5.41, 5.74) is 0.708. The lowest BCUT2D eigenvalue weighted by Crippen LogP contribution is -2.37. The van der Waals surface area contributed by atoms with Gasteiger partial charge in [-0.15, -0.1) is 0 Å². The van der Waals surface area contributed by atoms with Crippen molar-refractivity contribution in [1.29, 1.82) is 0 Å². The predicted molar refractivity (Wildman–Crippen MR) is 93.4 cm³/mol. The molecular weight excluding hydrogens is 308 g/mol.